The average Bonchev–Trinajstić information content (AvgIpc) is 1.69. The Morgan fingerprint density at radius 3 is 2.00 bits per heavy atom. The number of rotatable bonds is 0. The molecule has 0 aliphatic rings. The minimum atomic E-state index is 0. The van der Waals surface area contributed by atoms with Gasteiger partial charge in [0.25, 0.3) is 0 Å². The van der Waals surface area contributed by atoms with Crippen molar-refractivity contribution in [3.05, 3.63) is 30.1 Å². The zero-order chi connectivity index (χ0) is 5.11. The molecule has 0 unspecified atom stereocenters. The summed E-state index contributed by atoms with van der Waals surface area (Å²) in [6, 6.07) is 3.94. The van der Waals surface area contributed by atoms with Gasteiger partial charge in [-0.15, -0.1) is 0 Å². The second kappa shape index (κ2) is 3.19. The summed E-state index contributed by atoms with van der Waals surface area (Å²) < 4.78 is 0. The zero-order valence-electron chi connectivity index (χ0n) is 4.26. The lowest BCUT2D eigenvalue weighted by molar-refractivity contribution is 1.29. The van der Waals surface area contributed by atoms with Crippen LogP contribution in [0.3, 0.4) is 0 Å². The van der Waals surface area contributed by atoms with E-state index in [0.29, 0.717) is 0 Å². The maximum atomic E-state index is 3.85. The highest BCUT2D eigenvalue weighted by atomic mass is 14.6. The van der Waals surface area contributed by atoms with Gasteiger partial charge >= 0.3 is 0 Å². The summed E-state index contributed by atoms with van der Waals surface area (Å²) in [7, 11) is 0. The van der Waals surface area contributed by atoms with E-state index in [2.05, 4.69) is 4.98 Å². The first-order valence-corrected chi connectivity index (χ1v) is 2.26. The van der Waals surface area contributed by atoms with Crippen molar-refractivity contribution in [2.24, 2.45) is 0 Å². The fraction of sp³-hybridized carbons (Fsp3) is 0.286. The molecular weight excluding hydrogens is 98.1 g/mol. The van der Waals surface area contributed by atoms with Crippen LogP contribution in [0.1, 0.15) is 13.0 Å². The van der Waals surface area contributed by atoms with Crippen LogP contribution in [0.5, 0.6) is 0 Å². The van der Waals surface area contributed by atoms with Crippen molar-refractivity contribution in [3.63, 3.8) is 0 Å². The first kappa shape index (κ1) is 7.15. The Bertz CT molecular complexity index is 134. The van der Waals surface area contributed by atoms with Gasteiger partial charge in [0.2, 0.25) is 0 Å². The van der Waals surface area contributed by atoms with E-state index in [4.69, 9.17) is 0 Å². The van der Waals surface area contributed by atoms with Gasteiger partial charge in [0.15, 0.2) is 0 Å². The van der Waals surface area contributed by atoms with E-state index >= 15 is 0 Å². The predicted molar refractivity (Wildman–Crippen MR) is 35.7 cm³/mol. The molecule has 0 fully saturated rings. The molecule has 1 aromatic rings. The highest BCUT2D eigenvalue weighted by Gasteiger charge is 1.72. The summed E-state index contributed by atoms with van der Waals surface area (Å²) in [5.74, 6) is 0. The second-order valence-electron chi connectivity index (χ2n) is 1.52. The molecule has 0 aliphatic carbocycles. The number of hydrogen-bond acceptors (Lipinski definition) is 1. The van der Waals surface area contributed by atoms with Crippen LogP contribution in [0.15, 0.2) is 24.5 Å². The molecule has 0 saturated carbocycles. The minimum Gasteiger partial charge on any atom is -0.265 e. The molecule has 1 aromatic heterocycles. The topological polar surface area (TPSA) is 12.9 Å². The fourth-order valence-corrected chi connectivity index (χ4v) is 0.426. The molecule has 0 aliphatic heterocycles. The van der Waals surface area contributed by atoms with Gasteiger partial charge in [-0.05, 0) is 24.6 Å². The van der Waals surface area contributed by atoms with Crippen molar-refractivity contribution < 1.29 is 0 Å². The van der Waals surface area contributed by atoms with Crippen LogP contribution in [0.4, 0.5) is 0 Å². The molecule has 0 aromatic carbocycles. The molecule has 0 saturated heterocycles. The van der Waals surface area contributed by atoms with Crippen molar-refractivity contribution in [3.8, 4) is 0 Å². The van der Waals surface area contributed by atoms with Crippen molar-refractivity contribution >= 4 is 0 Å². The smallest absolute Gasteiger partial charge is 0.0270 e. The first-order valence-electron chi connectivity index (χ1n) is 2.26. The Morgan fingerprint density at radius 1 is 1.25 bits per heavy atom. The van der Waals surface area contributed by atoms with E-state index in [9.17, 15) is 0 Å². The average molecular weight is 109 g/mol. The lowest BCUT2D eigenvalue weighted by atomic mass is 10.3. The van der Waals surface area contributed by atoms with E-state index in [0.717, 1.165) is 0 Å². The lowest BCUT2D eigenvalue weighted by Gasteiger charge is -1.82. The molecule has 0 amide bonds. The fourth-order valence-electron chi connectivity index (χ4n) is 0.426. The zero-order valence-corrected chi connectivity index (χ0v) is 4.26. The van der Waals surface area contributed by atoms with Gasteiger partial charge in [0, 0.05) is 12.4 Å². The third kappa shape index (κ3) is 1.73. The van der Waals surface area contributed by atoms with Crippen LogP contribution in [-0.4, -0.2) is 4.98 Å². The molecule has 1 heteroatoms. The Kier molecular flexibility index (Phi) is 2.85. The van der Waals surface area contributed by atoms with Gasteiger partial charge in [0.1, 0.15) is 0 Å². The normalized spacial score (nSPS) is 7.62. The van der Waals surface area contributed by atoms with Crippen molar-refractivity contribution in [1.82, 2.24) is 4.98 Å². The standard InChI is InChI=1S/C6H7N.CH4/c1-6-2-4-7-5-3-6;/h2-5H,1H3;1H4. The quantitative estimate of drug-likeness (QED) is 0.496. The van der Waals surface area contributed by atoms with E-state index in [1.165, 1.54) is 5.56 Å². The number of pyridine rings is 1. The Labute approximate surface area is 50.4 Å². The third-order valence-electron chi connectivity index (χ3n) is 0.847. The summed E-state index contributed by atoms with van der Waals surface area (Å²) in [5.41, 5.74) is 1.26. The van der Waals surface area contributed by atoms with E-state index in [1.807, 2.05) is 19.1 Å². The van der Waals surface area contributed by atoms with Crippen LogP contribution in [0, 0.1) is 6.92 Å². The highest BCUT2D eigenvalue weighted by molar-refractivity contribution is 5.05. The molecule has 8 heavy (non-hydrogen) atoms. The Hall–Kier alpha value is -0.850. The molecule has 1 heterocycles. The maximum Gasteiger partial charge on any atom is 0.0270 e. The molecule has 44 valence electrons. The van der Waals surface area contributed by atoms with Gasteiger partial charge in [0.05, 0.1) is 0 Å². The molecule has 0 bridgehead atoms. The number of hydrogen-bond donors (Lipinski definition) is 0. The Morgan fingerprint density at radius 2 is 1.75 bits per heavy atom. The van der Waals surface area contributed by atoms with E-state index in [-0.39, 0.29) is 7.43 Å². The van der Waals surface area contributed by atoms with E-state index in [1.54, 1.807) is 12.4 Å². The van der Waals surface area contributed by atoms with Gasteiger partial charge in [-0.3, -0.25) is 4.98 Å². The predicted octanol–water partition coefficient (Wildman–Crippen LogP) is 2.03. The molecular formula is C7H11N. The van der Waals surface area contributed by atoms with Crippen molar-refractivity contribution in [2.45, 2.75) is 14.4 Å². The van der Waals surface area contributed by atoms with Crippen LogP contribution in [0.25, 0.3) is 0 Å². The largest absolute Gasteiger partial charge is 0.265 e. The van der Waals surface area contributed by atoms with Gasteiger partial charge in [-0.1, -0.05) is 7.43 Å². The molecule has 0 atom stereocenters. The molecule has 0 spiro atoms. The van der Waals surface area contributed by atoms with Crippen LogP contribution >= 0.6 is 0 Å². The van der Waals surface area contributed by atoms with Gasteiger partial charge in [-0.25, -0.2) is 0 Å². The maximum absolute atomic E-state index is 3.85. The summed E-state index contributed by atoms with van der Waals surface area (Å²) in [6.45, 7) is 2.04. The number of aromatic nitrogens is 1. The van der Waals surface area contributed by atoms with Gasteiger partial charge < -0.3 is 0 Å². The molecule has 1 rings (SSSR count). The molecule has 0 N–H and O–H groups in total. The SMILES string of the molecule is C.Cc1ccncc1. The van der Waals surface area contributed by atoms with Crippen LogP contribution in [-0.2, 0) is 0 Å². The van der Waals surface area contributed by atoms with Gasteiger partial charge in [-0.2, -0.15) is 0 Å². The second-order valence-corrected chi connectivity index (χ2v) is 1.52. The van der Waals surface area contributed by atoms with Crippen LogP contribution < -0.4 is 0 Å². The highest BCUT2D eigenvalue weighted by Crippen LogP contribution is 1.88. The lowest BCUT2D eigenvalue weighted by Crippen LogP contribution is -1.68. The Balaban J connectivity index is 0.000000490. The first-order chi connectivity index (χ1) is 3.39. The van der Waals surface area contributed by atoms with Crippen molar-refractivity contribution in [1.29, 1.82) is 0 Å². The third-order valence-corrected chi connectivity index (χ3v) is 0.847. The van der Waals surface area contributed by atoms with Crippen molar-refractivity contribution in [2.75, 3.05) is 0 Å². The summed E-state index contributed by atoms with van der Waals surface area (Å²) in [6.07, 6.45) is 3.57. The summed E-state index contributed by atoms with van der Waals surface area (Å²) in [5, 5.41) is 0. The molecule has 0 radical (unpaired) electrons. The summed E-state index contributed by atoms with van der Waals surface area (Å²) in [4.78, 5) is 3.85. The molecule has 1 nitrogen and oxygen atoms in total. The minimum absolute atomic E-state index is 0. The number of nitrogens with zero attached hydrogens (tertiary/aromatic N) is 1. The van der Waals surface area contributed by atoms with Crippen LogP contribution in [0.2, 0.25) is 0 Å². The monoisotopic (exact) mass is 109 g/mol. The number of aryl methyl sites for hydroxylation is 1. The van der Waals surface area contributed by atoms with E-state index < -0.39 is 0 Å². The summed E-state index contributed by atoms with van der Waals surface area (Å²) >= 11 is 0.